The van der Waals surface area contributed by atoms with E-state index in [1.165, 1.54) is 6.08 Å². The number of methoxy groups -OCH3 is 1. The maximum Gasteiger partial charge on any atom is 0.248 e. The van der Waals surface area contributed by atoms with Crippen LogP contribution in [-0.4, -0.2) is 18.0 Å². The topological polar surface area (TPSA) is 89.3 Å². The molecule has 0 atom stereocenters. The fraction of sp³-hybridized carbons (Fsp3) is 0.0833. The monoisotopic (exact) mass is 430 g/mol. The highest BCUT2D eigenvalue weighted by molar-refractivity contribution is 7.22. The third-order valence-electron chi connectivity index (χ3n) is 4.66. The first-order valence-corrected chi connectivity index (χ1v) is 10.5. The smallest absolute Gasteiger partial charge is 0.248 e. The molecule has 0 bridgehead atoms. The van der Waals surface area contributed by atoms with E-state index in [1.807, 2.05) is 54.6 Å². The lowest BCUT2D eigenvalue weighted by Crippen LogP contribution is -2.09. The molecule has 0 fully saturated rings. The van der Waals surface area contributed by atoms with Crippen molar-refractivity contribution >= 4 is 50.0 Å². The number of carbonyl (C=O) groups is 1. The normalized spacial score (nSPS) is 11.0. The fourth-order valence-corrected chi connectivity index (χ4v) is 3.88. The van der Waals surface area contributed by atoms with Crippen LogP contribution in [0.2, 0.25) is 0 Å². The molecule has 0 unspecified atom stereocenters. The van der Waals surface area contributed by atoms with Crippen LogP contribution in [0.15, 0.2) is 72.8 Å². The van der Waals surface area contributed by atoms with E-state index in [2.05, 4.69) is 15.6 Å². The Kier molecular flexibility index (Phi) is 6.14. The molecule has 0 spiro atoms. The van der Waals surface area contributed by atoms with Gasteiger partial charge in [-0.2, -0.15) is 0 Å². The minimum atomic E-state index is -0.226. The second-order valence-corrected chi connectivity index (χ2v) is 7.89. The molecule has 0 aliphatic carbocycles. The number of para-hydroxylation sites is 2. The van der Waals surface area contributed by atoms with E-state index in [-0.39, 0.29) is 5.91 Å². The summed E-state index contributed by atoms with van der Waals surface area (Å²) in [6.07, 6.45) is 3.27. The van der Waals surface area contributed by atoms with Crippen LogP contribution >= 0.6 is 11.3 Å². The van der Waals surface area contributed by atoms with Crippen molar-refractivity contribution in [2.45, 2.75) is 6.54 Å². The van der Waals surface area contributed by atoms with Crippen LogP contribution in [0.25, 0.3) is 16.3 Å². The maximum absolute atomic E-state index is 12.1. The van der Waals surface area contributed by atoms with Crippen LogP contribution < -0.4 is 21.1 Å². The van der Waals surface area contributed by atoms with Crippen molar-refractivity contribution in [3.8, 4) is 5.75 Å². The minimum absolute atomic E-state index is 0.226. The van der Waals surface area contributed by atoms with Gasteiger partial charge in [0.2, 0.25) is 5.91 Å². The number of carbonyl (C=O) groups excluding carboxylic acids is 1. The summed E-state index contributed by atoms with van der Waals surface area (Å²) in [6, 6.07) is 21.0. The zero-order valence-corrected chi connectivity index (χ0v) is 17.8. The molecule has 1 amide bonds. The lowest BCUT2D eigenvalue weighted by atomic mass is 10.1. The maximum atomic E-state index is 12.1. The van der Waals surface area contributed by atoms with Crippen molar-refractivity contribution in [3.05, 3.63) is 83.9 Å². The summed E-state index contributed by atoms with van der Waals surface area (Å²) in [6.45, 7) is 0.661. The molecule has 3 aromatic carbocycles. The van der Waals surface area contributed by atoms with Crippen molar-refractivity contribution in [3.63, 3.8) is 0 Å². The molecular formula is C24H22N4O2S. The number of hydrogen-bond donors (Lipinski definition) is 3. The van der Waals surface area contributed by atoms with Crippen LogP contribution in [0, 0.1) is 0 Å². The lowest BCUT2D eigenvalue weighted by Gasteiger charge is -2.05. The number of aromatic nitrogens is 1. The molecule has 31 heavy (non-hydrogen) atoms. The van der Waals surface area contributed by atoms with E-state index < -0.39 is 0 Å². The second-order valence-electron chi connectivity index (χ2n) is 6.86. The van der Waals surface area contributed by atoms with Gasteiger partial charge in [-0.1, -0.05) is 47.7 Å². The number of rotatable bonds is 7. The Morgan fingerprint density at radius 3 is 2.71 bits per heavy atom. The number of nitrogens with one attached hydrogen (secondary N) is 2. The third kappa shape index (κ3) is 5.21. The molecule has 1 aromatic heterocycles. The van der Waals surface area contributed by atoms with Crippen molar-refractivity contribution in [2.24, 2.45) is 0 Å². The van der Waals surface area contributed by atoms with Crippen LogP contribution in [0.5, 0.6) is 5.75 Å². The largest absolute Gasteiger partial charge is 0.497 e. The van der Waals surface area contributed by atoms with Gasteiger partial charge in [-0.15, -0.1) is 0 Å². The Balaban J connectivity index is 1.33. The Morgan fingerprint density at radius 1 is 1.13 bits per heavy atom. The zero-order chi connectivity index (χ0) is 21.6. The van der Waals surface area contributed by atoms with Crippen LogP contribution in [0.3, 0.4) is 0 Å². The first-order chi connectivity index (χ1) is 15.1. The van der Waals surface area contributed by atoms with Crippen molar-refractivity contribution in [1.82, 2.24) is 4.98 Å². The summed E-state index contributed by atoms with van der Waals surface area (Å²) < 4.78 is 6.35. The van der Waals surface area contributed by atoms with E-state index in [0.29, 0.717) is 17.9 Å². The fourth-order valence-electron chi connectivity index (χ4n) is 2.99. The Hall–Kier alpha value is -3.84. The predicted molar refractivity (Wildman–Crippen MR) is 128 cm³/mol. The van der Waals surface area contributed by atoms with Gasteiger partial charge < -0.3 is 21.1 Å². The lowest BCUT2D eigenvalue weighted by molar-refractivity contribution is -0.111. The van der Waals surface area contributed by atoms with Crippen LogP contribution in [0.4, 0.5) is 16.5 Å². The first kappa shape index (κ1) is 20.4. The quantitative estimate of drug-likeness (QED) is 0.279. The van der Waals surface area contributed by atoms with Gasteiger partial charge in [0, 0.05) is 12.6 Å². The SMILES string of the molecule is COc1ccc2nc(NCc3ccc(/C=C/C(=O)Nc4ccccc4N)cc3)sc2c1. The van der Waals surface area contributed by atoms with Gasteiger partial charge >= 0.3 is 0 Å². The van der Waals surface area contributed by atoms with Crippen LogP contribution in [-0.2, 0) is 11.3 Å². The number of ether oxygens (including phenoxy) is 1. The number of benzene rings is 3. The number of hydrogen-bond acceptors (Lipinski definition) is 6. The van der Waals surface area contributed by atoms with Crippen molar-refractivity contribution in [1.29, 1.82) is 0 Å². The van der Waals surface area contributed by atoms with Gasteiger partial charge in [0.25, 0.3) is 0 Å². The molecule has 156 valence electrons. The van der Waals surface area contributed by atoms with Gasteiger partial charge in [0.1, 0.15) is 5.75 Å². The number of amides is 1. The molecule has 6 nitrogen and oxygen atoms in total. The van der Waals surface area contributed by atoms with Crippen molar-refractivity contribution in [2.75, 3.05) is 23.5 Å². The van der Waals surface area contributed by atoms with Gasteiger partial charge in [-0.3, -0.25) is 4.79 Å². The number of anilines is 3. The molecule has 4 rings (SSSR count). The first-order valence-electron chi connectivity index (χ1n) is 9.72. The average molecular weight is 431 g/mol. The molecule has 0 aliphatic rings. The average Bonchev–Trinajstić information content (AvgIpc) is 3.20. The molecule has 7 heteroatoms. The number of nitrogens with two attached hydrogens (primary N) is 1. The molecule has 1 heterocycles. The molecule has 4 N–H and O–H groups in total. The minimum Gasteiger partial charge on any atom is -0.497 e. The molecule has 0 saturated carbocycles. The summed E-state index contributed by atoms with van der Waals surface area (Å²) in [7, 11) is 1.66. The molecule has 0 radical (unpaired) electrons. The molecule has 0 saturated heterocycles. The summed E-state index contributed by atoms with van der Waals surface area (Å²) in [4.78, 5) is 16.7. The standard InChI is InChI=1S/C24H22N4O2S/c1-30-18-11-12-21-22(14-18)31-24(28-21)26-15-17-8-6-16(7-9-17)10-13-23(29)27-20-5-3-2-4-19(20)25/h2-14H,15,25H2,1H3,(H,26,28)(H,27,29)/b13-10+. The Labute approximate surface area is 184 Å². The van der Waals surface area contributed by atoms with E-state index in [9.17, 15) is 4.79 Å². The molecule has 4 aromatic rings. The van der Waals surface area contributed by atoms with Gasteiger partial charge in [0.15, 0.2) is 5.13 Å². The van der Waals surface area contributed by atoms with Crippen LogP contribution in [0.1, 0.15) is 11.1 Å². The second kappa shape index (κ2) is 9.32. The highest BCUT2D eigenvalue weighted by atomic mass is 32.1. The van der Waals surface area contributed by atoms with E-state index >= 15 is 0 Å². The summed E-state index contributed by atoms with van der Waals surface area (Å²) >= 11 is 1.60. The number of nitrogen functional groups attached to an aromatic ring is 1. The number of nitrogens with zero attached hydrogens (tertiary/aromatic N) is 1. The number of thiazole rings is 1. The summed E-state index contributed by atoms with van der Waals surface area (Å²) in [5, 5.41) is 7.00. The number of fused-ring (bicyclic) bond motifs is 1. The van der Waals surface area contributed by atoms with Gasteiger partial charge in [-0.25, -0.2) is 4.98 Å². The molecule has 0 aliphatic heterocycles. The highest BCUT2D eigenvalue weighted by Crippen LogP contribution is 2.29. The predicted octanol–water partition coefficient (Wildman–Crippen LogP) is 5.15. The van der Waals surface area contributed by atoms with E-state index in [1.54, 1.807) is 36.7 Å². The van der Waals surface area contributed by atoms with E-state index in [0.717, 1.165) is 32.2 Å². The van der Waals surface area contributed by atoms with E-state index in [4.69, 9.17) is 10.5 Å². The van der Waals surface area contributed by atoms with Crippen molar-refractivity contribution < 1.29 is 9.53 Å². The molecular weight excluding hydrogens is 408 g/mol. The summed E-state index contributed by atoms with van der Waals surface area (Å²) in [5.74, 6) is 0.600. The summed E-state index contributed by atoms with van der Waals surface area (Å²) in [5.41, 5.74) is 9.99. The third-order valence-corrected chi connectivity index (χ3v) is 5.64. The Bertz CT molecular complexity index is 1230. The zero-order valence-electron chi connectivity index (χ0n) is 17.0. The van der Waals surface area contributed by atoms with Gasteiger partial charge in [0.05, 0.1) is 28.7 Å². The Morgan fingerprint density at radius 2 is 1.94 bits per heavy atom. The van der Waals surface area contributed by atoms with Gasteiger partial charge in [-0.05, 0) is 47.5 Å². The highest BCUT2D eigenvalue weighted by Gasteiger charge is 2.05.